The van der Waals surface area contributed by atoms with Crippen molar-refractivity contribution in [2.24, 2.45) is 16.6 Å². The molecule has 2 unspecified atom stereocenters. The lowest BCUT2D eigenvalue weighted by atomic mass is 9.68. The number of amides is 1. The molecule has 0 aromatic carbocycles. The normalized spacial score (nSPS) is 28.4. The van der Waals surface area contributed by atoms with Gasteiger partial charge in [-0.1, -0.05) is 6.92 Å². The molecule has 3 fully saturated rings. The van der Waals surface area contributed by atoms with Crippen LogP contribution in [0.3, 0.4) is 0 Å². The van der Waals surface area contributed by atoms with Gasteiger partial charge in [-0.3, -0.25) is 9.79 Å². The highest BCUT2D eigenvalue weighted by Crippen LogP contribution is 2.48. The zero-order valence-electron chi connectivity index (χ0n) is 23.3. The highest BCUT2D eigenvalue weighted by molar-refractivity contribution is 5.94. The summed E-state index contributed by atoms with van der Waals surface area (Å²) in [5.74, 6) is 2.23. The maximum atomic E-state index is 11.7. The third-order valence-electron chi connectivity index (χ3n) is 9.02. The molecule has 1 aliphatic carbocycles. The van der Waals surface area contributed by atoms with Gasteiger partial charge in [0.05, 0.1) is 35.9 Å². The predicted octanol–water partition coefficient (Wildman–Crippen LogP) is 4.01. The Hall–Kier alpha value is -3.08. The fourth-order valence-electron chi connectivity index (χ4n) is 6.40. The van der Waals surface area contributed by atoms with Crippen molar-refractivity contribution in [3.05, 3.63) is 35.7 Å². The molecular weight excluding hydrogens is 508 g/mol. The molecule has 40 heavy (non-hydrogen) atoms. The van der Waals surface area contributed by atoms with E-state index in [9.17, 15) is 4.79 Å². The molecule has 2 saturated heterocycles. The summed E-state index contributed by atoms with van der Waals surface area (Å²) in [5.41, 5.74) is 8.38. The molecule has 10 heteroatoms. The van der Waals surface area contributed by atoms with Crippen LogP contribution >= 0.6 is 0 Å². The Bertz CT molecular complexity index is 1240. The van der Waals surface area contributed by atoms with E-state index in [4.69, 9.17) is 24.9 Å². The summed E-state index contributed by atoms with van der Waals surface area (Å²) < 4.78 is 18.0. The lowest BCUT2D eigenvalue weighted by Crippen LogP contribution is -2.61. The summed E-state index contributed by atoms with van der Waals surface area (Å²) in [6, 6.07) is 7.78. The maximum absolute atomic E-state index is 11.7. The molecule has 10 nitrogen and oxygen atoms in total. The summed E-state index contributed by atoms with van der Waals surface area (Å²) >= 11 is 0. The quantitative estimate of drug-likeness (QED) is 0.359. The van der Waals surface area contributed by atoms with Crippen LogP contribution in [0.4, 0.5) is 11.5 Å². The van der Waals surface area contributed by atoms with Crippen LogP contribution in [0.5, 0.6) is 11.6 Å². The van der Waals surface area contributed by atoms with Gasteiger partial charge in [0.15, 0.2) is 18.2 Å². The highest BCUT2D eigenvalue weighted by atomic mass is 16.5. The topological polar surface area (TPSA) is 133 Å². The zero-order chi connectivity index (χ0) is 27.6. The number of nitrogens with one attached hydrogen (secondary N) is 2. The van der Waals surface area contributed by atoms with E-state index < -0.39 is 0 Å². The van der Waals surface area contributed by atoms with Crippen LogP contribution < -0.4 is 25.8 Å². The Morgan fingerprint density at radius 1 is 1.15 bits per heavy atom. The minimum absolute atomic E-state index is 0.0336. The molecule has 5 aliphatic rings. The van der Waals surface area contributed by atoms with Crippen molar-refractivity contribution in [1.29, 1.82) is 0 Å². The number of hydrogen-bond donors (Lipinski definition) is 3. The van der Waals surface area contributed by atoms with Crippen molar-refractivity contribution in [3.63, 3.8) is 0 Å². The molecule has 2 aromatic rings. The van der Waals surface area contributed by atoms with Crippen LogP contribution in [-0.4, -0.2) is 59.6 Å². The van der Waals surface area contributed by atoms with E-state index in [1.54, 1.807) is 0 Å². The zero-order valence-corrected chi connectivity index (χ0v) is 23.3. The van der Waals surface area contributed by atoms with E-state index in [0.29, 0.717) is 55.6 Å². The largest absolute Gasteiger partial charge is 0.480 e. The average molecular weight is 549 g/mol. The van der Waals surface area contributed by atoms with Gasteiger partial charge in [-0.15, -0.1) is 0 Å². The summed E-state index contributed by atoms with van der Waals surface area (Å²) in [6.45, 7) is 4.91. The smallest absolute Gasteiger partial charge is 0.263 e. The lowest BCUT2D eigenvalue weighted by Gasteiger charge is -2.54. The summed E-state index contributed by atoms with van der Waals surface area (Å²) in [5, 5.41) is 6.53. The second kappa shape index (κ2) is 11.4. The molecule has 1 saturated carbocycles. The first kappa shape index (κ1) is 27.1. The average Bonchev–Trinajstić information content (AvgIpc) is 2.98. The Morgan fingerprint density at radius 3 is 2.83 bits per heavy atom. The maximum Gasteiger partial charge on any atom is 0.263 e. The van der Waals surface area contributed by atoms with E-state index >= 15 is 0 Å². The van der Waals surface area contributed by atoms with Gasteiger partial charge >= 0.3 is 0 Å². The number of carbonyl (C=O) groups excluding carboxylic acids is 1. The van der Waals surface area contributed by atoms with E-state index in [1.807, 2.05) is 24.3 Å². The van der Waals surface area contributed by atoms with Gasteiger partial charge in [-0.2, -0.15) is 0 Å². The number of nitrogens with zero attached hydrogens (tertiary/aromatic N) is 3. The third kappa shape index (κ3) is 5.70. The van der Waals surface area contributed by atoms with Crippen LogP contribution in [0.25, 0.3) is 0 Å². The van der Waals surface area contributed by atoms with Crippen molar-refractivity contribution in [3.8, 4) is 11.6 Å². The monoisotopic (exact) mass is 548 g/mol. The number of anilines is 1. The van der Waals surface area contributed by atoms with E-state index in [1.165, 1.54) is 0 Å². The molecule has 2 aromatic heterocycles. The van der Waals surface area contributed by atoms with E-state index in [2.05, 4.69) is 33.7 Å². The van der Waals surface area contributed by atoms with Gasteiger partial charge in [-0.05, 0) is 82.0 Å². The van der Waals surface area contributed by atoms with Gasteiger partial charge in [0, 0.05) is 30.3 Å². The van der Waals surface area contributed by atoms with Gasteiger partial charge in [0.1, 0.15) is 0 Å². The number of nitrogens with two attached hydrogens (primary N) is 1. The Morgan fingerprint density at radius 2 is 2.02 bits per heavy atom. The van der Waals surface area contributed by atoms with E-state index in [0.717, 1.165) is 68.4 Å². The van der Waals surface area contributed by atoms with Crippen molar-refractivity contribution in [2.45, 2.75) is 81.9 Å². The molecule has 6 heterocycles. The summed E-state index contributed by atoms with van der Waals surface area (Å²) in [4.78, 5) is 25.8. The molecule has 7 rings (SSSR count). The van der Waals surface area contributed by atoms with Crippen molar-refractivity contribution < 1.29 is 19.0 Å². The fraction of sp³-hybridized carbons (Fsp3) is 0.600. The molecular formula is C30H40N6O4. The second-order valence-corrected chi connectivity index (χ2v) is 11.8. The van der Waals surface area contributed by atoms with Gasteiger partial charge in [-0.25, -0.2) is 9.97 Å². The second-order valence-electron chi connectivity index (χ2n) is 11.8. The number of pyridine rings is 2. The molecule has 0 spiro atoms. The van der Waals surface area contributed by atoms with Crippen molar-refractivity contribution in [1.82, 2.24) is 15.3 Å². The van der Waals surface area contributed by atoms with Crippen LogP contribution in [-0.2, 0) is 16.1 Å². The Balaban J connectivity index is 1.04. The van der Waals surface area contributed by atoms with Gasteiger partial charge < -0.3 is 30.6 Å². The number of aromatic nitrogens is 2. The molecule has 2 atom stereocenters. The van der Waals surface area contributed by atoms with Crippen LogP contribution in [0, 0.1) is 5.92 Å². The third-order valence-corrected chi connectivity index (χ3v) is 9.02. The van der Waals surface area contributed by atoms with E-state index in [-0.39, 0.29) is 23.7 Å². The number of aliphatic imine (C=N–C) groups is 1. The number of fused-ring (bicyclic) bond motifs is 5. The summed E-state index contributed by atoms with van der Waals surface area (Å²) in [6.07, 6.45) is 10.2. The lowest BCUT2D eigenvalue weighted by molar-refractivity contribution is -0.167. The standard InChI is InChI=1S/C30H40N6O4/c1-20-16-32-23-5-7-26(38-15-3-2-14-31)36-27(23)22(20)8-9-30-12-10-29(11-13-30,19-40-30)33-17-21-4-6-24-28(34-21)35-25(37)18-39-24/h4-7,16,20,22,33H,2-3,8-15,17-19,31H2,1H3,(H,34,35,37). The number of rotatable bonds is 11. The fourth-order valence-corrected chi connectivity index (χ4v) is 6.40. The summed E-state index contributed by atoms with van der Waals surface area (Å²) in [7, 11) is 0. The van der Waals surface area contributed by atoms with Crippen LogP contribution in [0.1, 0.15) is 75.6 Å². The first-order valence-electron chi connectivity index (χ1n) is 14.7. The van der Waals surface area contributed by atoms with Crippen molar-refractivity contribution >= 4 is 23.6 Å². The first-order chi connectivity index (χ1) is 19.5. The molecule has 214 valence electrons. The molecule has 1 amide bonds. The highest BCUT2D eigenvalue weighted by Gasteiger charge is 2.49. The molecule has 0 radical (unpaired) electrons. The van der Waals surface area contributed by atoms with Gasteiger partial charge in [0.2, 0.25) is 5.88 Å². The SMILES string of the molecule is CC1C=Nc2ccc(OCCCCN)nc2C1CCC12CCC(NCc3ccc4c(n3)NC(=O)CO4)(CC1)CO2. The van der Waals surface area contributed by atoms with Crippen molar-refractivity contribution in [2.75, 3.05) is 31.7 Å². The van der Waals surface area contributed by atoms with Gasteiger partial charge in [0.25, 0.3) is 5.91 Å². The Labute approximate surface area is 235 Å². The predicted molar refractivity (Wildman–Crippen MR) is 152 cm³/mol. The van der Waals surface area contributed by atoms with Crippen LogP contribution in [0.15, 0.2) is 29.3 Å². The van der Waals surface area contributed by atoms with Crippen LogP contribution in [0.2, 0.25) is 0 Å². The minimum atomic E-state index is -0.172. The number of ether oxygens (including phenoxy) is 3. The number of unbranched alkanes of at least 4 members (excludes halogenated alkanes) is 1. The Kier molecular flexibility index (Phi) is 7.74. The molecule has 4 aliphatic heterocycles. The first-order valence-corrected chi connectivity index (χ1v) is 14.7. The molecule has 4 N–H and O–H groups in total. The number of carbonyl (C=O) groups is 1. The number of hydrogen-bond acceptors (Lipinski definition) is 9. The molecule has 2 bridgehead atoms. The minimum Gasteiger partial charge on any atom is -0.480 e.